The molecule has 0 aliphatic carbocycles. The monoisotopic (exact) mass is 316 g/mol. The van der Waals surface area contributed by atoms with Crippen molar-refractivity contribution in [3.05, 3.63) is 71.5 Å². The molecule has 5 heteroatoms. The van der Waals surface area contributed by atoms with Crippen molar-refractivity contribution in [3.8, 4) is 17.1 Å². The van der Waals surface area contributed by atoms with E-state index >= 15 is 0 Å². The summed E-state index contributed by atoms with van der Waals surface area (Å²) in [6.45, 7) is 3.75. The number of nitrogens with zero attached hydrogens (tertiary/aromatic N) is 2. The van der Waals surface area contributed by atoms with Gasteiger partial charge in [0, 0.05) is 17.6 Å². The summed E-state index contributed by atoms with van der Waals surface area (Å²) in [6.07, 6.45) is -3.28. The van der Waals surface area contributed by atoms with Crippen LogP contribution in [-0.2, 0) is 6.18 Å². The van der Waals surface area contributed by atoms with E-state index in [4.69, 9.17) is 0 Å². The third-order valence-electron chi connectivity index (χ3n) is 3.61. The predicted molar refractivity (Wildman–Crippen MR) is 83.5 cm³/mol. The van der Waals surface area contributed by atoms with E-state index in [0.717, 1.165) is 23.5 Å². The third kappa shape index (κ3) is 3.13. The van der Waals surface area contributed by atoms with Gasteiger partial charge in [-0.25, -0.2) is 0 Å². The van der Waals surface area contributed by atoms with Crippen molar-refractivity contribution in [2.75, 3.05) is 0 Å². The number of benzene rings is 1. The van der Waals surface area contributed by atoms with E-state index in [9.17, 15) is 13.2 Å². The lowest BCUT2D eigenvalue weighted by Crippen LogP contribution is -2.02. The molecular formula is C18H15F3N2. The summed E-state index contributed by atoms with van der Waals surface area (Å²) in [5, 5.41) is 0. The average molecular weight is 316 g/mol. The minimum absolute atomic E-state index is 0.421. The second-order valence-electron chi connectivity index (χ2n) is 5.48. The number of aromatic nitrogens is 2. The first-order valence-electron chi connectivity index (χ1n) is 7.15. The van der Waals surface area contributed by atoms with Crippen LogP contribution < -0.4 is 0 Å². The van der Waals surface area contributed by atoms with Crippen LogP contribution in [0.25, 0.3) is 17.1 Å². The number of aryl methyl sites for hydroxylation is 2. The van der Waals surface area contributed by atoms with E-state index in [0.29, 0.717) is 17.1 Å². The van der Waals surface area contributed by atoms with Gasteiger partial charge in [0.2, 0.25) is 0 Å². The van der Waals surface area contributed by atoms with Gasteiger partial charge in [-0.2, -0.15) is 13.2 Å². The summed E-state index contributed by atoms with van der Waals surface area (Å²) in [7, 11) is 0. The largest absolute Gasteiger partial charge is 0.417 e. The zero-order chi connectivity index (χ0) is 16.6. The average Bonchev–Trinajstić information content (AvgIpc) is 2.93. The molecule has 0 amide bonds. The fourth-order valence-electron chi connectivity index (χ4n) is 2.42. The van der Waals surface area contributed by atoms with Gasteiger partial charge < -0.3 is 4.57 Å². The van der Waals surface area contributed by atoms with Crippen molar-refractivity contribution in [2.24, 2.45) is 0 Å². The second-order valence-corrected chi connectivity index (χ2v) is 5.48. The number of rotatable bonds is 2. The second kappa shape index (κ2) is 5.57. The molecule has 0 aliphatic rings. The zero-order valence-corrected chi connectivity index (χ0v) is 12.7. The lowest BCUT2D eigenvalue weighted by Gasteiger charge is -2.09. The highest BCUT2D eigenvalue weighted by atomic mass is 19.4. The molecule has 0 spiro atoms. The molecule has 0 radical (unpaired) electrons. The normalized spacial score (nSPS) is 11.7. The third-order valence-corrected chi connectivity index (χ3v) is 3.61. The molecule has 2 heterocycles. The van der Waals surface area contributed by atoms with E-state index in [2.05, 4.69) is 4.98 Å². The van der Waals surface area contributed by atoms with Gasteiger partial charge in [-0.15, -0.1) is 0 Å². The molecule has 2 nitrogen and oxygen atoms in total. The number of alkyl halides is 3. The van der Waals surface area contributed by atoms with Crippen LogP contribution in [0.4, 0.5) is 13.2 Å². The van der Waals surface area contributed by atoms with Crippen LogP contribution in [0.15, 0.2) is 54.7 Å². The number of pyridine rings is 1. The lowest BCUT2D eigenvalue weighted by molar-refractivity contribution is -0.137. The fraction of sp³-hybridized carbons (Fsp3) is 0.167. The minimum Gasteiger partial charge on any atom is -0.314 e. The molecule has 0 N–H and O–H groups in total. The van der Waals surface area contributed by atoms with Crippen molar-refractivity contribution in [1.82, 2.24) is 9.55 Å². The molecule has 0 saturated carbocycles. The van der Waals surface area contributed by atoms with Crippen LogP contribution in [0.3, 0.4) is 0 Å². The van der Waals surface area contributed by atoms with Crippen LogP contribution in [-0.4, -0.2) is 9.55 Å². The van der Waals surface area contributed by atoms with Gasteiger partial charge in [0.15, 0.2) is 0 Å². The molecule has 0 fully saturated rings. The van der Waals surface area contributed by atoms with Gasteiger partial charge >= 0.3 is 6.18 Å². The summed E-state index contributed by atoms with van der Waals surface area (Å²) in [6, 6.07) is 13.8. The van der Waals surface area contributed by atoms with Crippen molar-refractivity contribution >= 4 is 0 Å². The molecule has 0 atom stereocenters. The SMILES string of the molecule is Cc1ccc(-n2cc(C(F)(F)F)cc2-c2cccc(C)n2)cc1. The maximum Gasteiger partial charge on any atom is 0.417 e. The Bertz CT molecular complexity index is 830. The van der Waals surface area contributed by atoms with E-state index in [1.165, 1.54) is 4.57 Å². The van der Waals surface area contributed by atoms with E-state index < -0.39 is 11.7 Å². The maximum absolute atomic E-state index is 13.1. The van der Waals surface area contributed by atoms with Gasteiger partial charge in [0.25, 0.3) is 0 Å². The highest BCUT2D eigenvalue weighted by molar-refractivity contribution is 5.61. The summed E-state index contributed by atoms with van der Waals surface area (Å²) >= 11 is 0. The molecule has 0 aliphatic heterocycles. The molecule has 0 bridgehead atoms. The Morgan fingerprint density at radius 2 is 1.65 bits per heavy atom. The van der Waals surface area contributed by atoms with Crippen molar-refractivity contribution in [2.45, 2.75) is 20.0 Å². The molecule has 0 saturated heterocycles. The Morgan fingerprint density at radius 3 is 2.26 bits per heavy atom. The van der Waals surface area contributed by atoms with E-state index in [-0.39, 0.29) is 0 Å². The summed E-state index contributed by atoms with van der Waals surface area (Å²) in [5.41, 5.74) is 2.73. The molecule has 118 valence electrons. The van der Waals surface area contributed by atoms with Gasteiger partial charge in [-0.05, 0) is 44.2 Å². The molecule has 0 unspecified atom stereocenters. The van der Waals surface area contributed by atoms with Crippen LogP contribution >= 0.6 is 0 Å². The first-order valence-corrected chi connectivity index (χ1v) is 7.15. The molecule has 3 rings (SSSR count). The van der Waals surface area contributed by atoms with Crippen LogP contribution in [0.5, 0.6) is 0 Å². The number of hydrogen-bond acceptors (Lipinski definition) is 1. The van der Waals surface area contributed by atoms with E-state index in [1.807, 2.05) is 32.0 Å². The Labute approximate surface area is 132 Å². The first kappa shape index (κ1) is 15.3. The highest BCUT2D eigenvalue weighted by Crippen LogP contribution is 2.35. The Kier molecular flexibility index (Phi) is 3.72. The van der Waals surface area contributed by atoms with Gasteiger partial charge in [-0.1, -0.05) is 23.8 Å². The van der Waals surface area contributed by atoms with Gasteiger partial charge in [0.05, 0.1) is 17.0 Å². The van der Waals surface area contributed by atoms with E-state index in [1.54, 1.807) is 24.3 Å². The summed E-state index contributed by atoms with van der Waals surface area (Å²) in [5.74, 6) is 0. The molecular weight excluding hydrogens is 301 g/mol. The molecule has 23 heavy (non-hydrogen) atoms. The topological polar surface area (TPSA) is 17.8 Å². The standard InChI is InChI=1S/C18H15F3N2/c1-12-6-8-15(9-7-12)23-11-14(18(19,20)21)10-17(23)16-5-3-4-13(2)22-16/h3-11H,1-2H3. The van der Waals surface area contributed by atoms with Gasteiger partial charge in [-0.3, -0.25) is 4.98 Å². The predicted octanol–water partition coefficient (Wildman–Crippen LogP) is 5.17. The van der Waals surface area contributed by atoms with Gasteiger partial charge in [0.1, 0.15) is 0 Å². The number of halogens is 3. The maximum atomic E-state index is 13.1. The van der Waals surface area contributed by atoms with Crippen LogP contribution in [0.2, 0.25) is 0 Å². The van der Waals surface area contributed by atoms with Crippen LogP contribution in [0.1, 0.15) is 16.8 Å². The summed E-state index contributed by atoms with van der Waals surface area (Å²) in [4.78, 5) is 4.35. The minimum atomic E-state index is -4.39. The summed E-state index contributed by atoms with van der Waals surface area (Å²) < 4.78 is 40.9. The Morgan fingerprint density at radius 1 is 0.957 bits per heavy atom. The Hall–Kier alpha value is -2.56. The van der Waals surface area contributed by atoms with Crippen LogP contribution in [0, 0.1) is 13.8 Å². The lowest BCUT2D eigenvalue weighted by atomic mass is 10.2. The fourth-order valence-corrected chi connectivity index (χ4v) is 2.42. The van der Waals surface area contributed by atoms with Crippen molar-refractivity contribution in [1.29, 1.82) is 0 Å². The quantitative estimate of drug-likeness (QED) is 0.637. The van der Waals surface area contributed by atoms with Crippen molar-refractivity contribution < 1.29 is 13.2 Å². The zero-order valence-electron chi connectivity index (χ0n) is 12.7. The molecule has 2 aromatic heterocycles. The first-order chi connectivity index (χ1) is 10.8. The molecule has 3 aromatic rings. The number of hydrogen-bond donors (Lipinski definition) is 0. The smallest absolute Gasteiger partial charge is 0.314 e. The van der Waals surface area contributed by atoms with Crippen molar-refractivity contribution in [3.63, 3.8) is 0 Å². The molecule has 1 aromatic carbocycles. The Balaban J connectivity index is 2.21. The highest BCUT2D eigenvalue weighted by Gasteiger charge is 2.33.